The molecule has 1 aliphatic rings. The summed E-state index contributed by atoms with van der Waals surface area (Å²) in [5.41, 5.74) is 6.80. The lowest BCUT2D eigenvalue weighted by Gasteiger charge is -2.16. The van der Waals surface area contributed by atoms with E-state index in [9.17, 15) is 0 Å². The molecule has 0 saturated carbocycles. The normalized spacial score (nSPS) is 26.7. The van der Waals surface area contributed by atoms with Gasteiger partial charge in [-0.3, -0.25) is 0 Å². The standard InChI is InChI=1S/C9H15N3S2/c1-5-3-13-4-7(5)11-9-6(2)8(10)12-14-9/h5,7,11H,3-4H2,1-2H3,(H2,10,12). The van der Waals surface area contributed by atoms with E-state index < -0.39 is 0 Å². The summed E-state index contributed by atoms with van der Waals surface area (Å²) in [5, 5.41) is 4.68. The van der Waals surface area contributed by atoms with Crippen LogP contribution in [0.1, 0.15) is 12.5 Å². The van der Waals surface area contributed by atoms with Crippen molar-refractivity contribution >= 4 is 34.1 Å². The zero-order valence-electron chi connectivity index (χ0n) is 8.41. The molecule has 1 aromatic rings. The minimum absolute atomic E-state index is 0.582. The molecule has 0 radical (unpaired) electrons. The third kappa shape index (κ3) is 1.83. The number of anilines is 2. The van der Waals surface area contributed by atoms with Gasteiger partial charge in [0.15, 0.2) is 0 Å². The Hall–Kier alpha value is -0.420. The average molecular weight is 229 g/mol. The zero-order chi connectivity index (χ0) is 10.1. The summed E-state index contributed by atoms with van der Waals surface area (Å²) in [6, 6.07) is 0.582. The lowest BCUT2D eigenvalue weighted by molar-refractivity contribution is 0.600. The lowest BCUT2D eigenvalue weighted by atomic mass is 10.1. The number of rotatable bonds is 2. The first-order valence-electron chi connectivity index (χ1n) is 4.74. The number of aromatic nitrogens is 1. The van der Waals surface area contributed by atoms with E-state index in [4.69, 9.17) is 5.73 Å². The fraction of sp³-hybridized carbons (Fsp3) is 0.667. The van der Waals surface area contributed by atoms with Crippen molar-refractivity contribution in [2.75, 3.05) is 22.6 Å². The van der Waals surface area contributed by atoms with Crippen LogP contribution in [-0.2, 0) is 0 Å². The average Bonchev–Trinajstić information content (AvgIpc) is 2.68. The fourth-order valence-corrected chi connectivity index (χ4v) is 3.67. The number of nitrogens with one attached hydrogen (secondary N) is 1. The molecule has 3 N–H and O–H groups in total. The van der Waals surface area contributed by atoms with Gasteiger partial charge in [0.1, 0.15) is 10.8 Å². The summed E-state index contributed by atoms with van der Waals surface area (Å²) in [6.45, 7) is 4.31. The molecule has 2 atom stereocenters. The number of hydrogen-bond donors (Lipinski definition) is 2. The first kappa shape index (κ1) is 10.1. The maximum absolute atomic E-state index is 5.70. The van der Waals surface area contributed by atoms with Crippen LogP contribution in [0.5, 0.6) is 0 Å². The molecular formula is C9H15N3S2. The third-order valence-corrected chi connectivity index (χ3v) is 4.89. The maximum atomic E-state index is 5.70. The Morgan fingerprint density at radius 1 is 1.50 bits per heavy atom. The Balaban J connectivity index is 2.07. The molecule has 5 heteroatoms. The number of nitrogens with two attached hydrogens (primary N) is 1. The van der Waals surface area contributed by atoms with Crippen LogP contribution in [0.4, 0.5) is 10.8 Å². The van der Waals surface area contributed by atoms with E-state index in [1.807, 2.05) is 18.7 Å². The molecule has 14 heavy (non-hydrogen) atoms. The predicted octanol–water partition coefficient (Wildman–Crippen LogP) is 2.20. The summed E-state index contributed by atoms with van der Waals surface area (Å²) < 4.78 is 4.13. The topological polar surface area (TPSA) is 50.9 Å². The minimum atomic E-state index is 0.582. The van der Waals surface area contributed by atoms with Crippen LogP contribution in [0.25, 0.3) is 0 Å². The van der Waals surface area contributed by atoms with Crippen molar-refractivity contribution in [2.45, 2.75) is 19.9 Å². The number of hydrogen-bond acceptors (Lipinski definition) is 5. The molecule has 2 rings (SSSR count). The Kier molecular flexibility index (Phi) is 2.88. The van der Waals surface area contributed by atoms with Crippen molar-refractivity contribution in [1.29, 1.82) is 0 Å². The van der Waals surface area contributed by atoms with Crippen LogP contribution in [-0.4, -0.2) is 21.9 Å². The van der Waals surface area contributed by atoms with Crippen molar-refractivity contribution in [2.24, 2.45) is 5.92 Å². The van der Waals surface area contributed by atoms with Crippen LogP contribution in [0.3, 0.4) is 0 Å². The zero-order valence-corrected chi connectivity index (χ0v) is 10.0. The summed E-state index contributed by atoms with van der Waals surface area (Å²) in [5.74, 6) is 3.85. The van der Waals surface area contributed by atoms with Gasteiger partial charge in [0, 0.05) is 17.4 Å². The van der Waals surface area contributed by atoms with E-state index in [0.29, 0.717) is 11.9 Å². The summed E-state index contributed by atoms with van der Waals surface area (Å²) >= 11 is 3.48. The van der Waals surface area contributed by atoms with Crippen LogP contribution in [0, 0.1) is 12.8 Å². The number of thioether (sulfide) groups is 1. The van der Waals surface area contributed by atoms with Crippen LogP contribution in [0.15, 0.2) is 0 Å². The highest BCUT2D eigenvalue weighted by molar-refractivity contribution is 7.99. The largest absolute Gasteiger partial charge is 0.383 e. The molecule has 0 bridgehead atoms. The van der Waals surface area contributed by atoms with Gasteiger partial charge < -0.3 is 11.1 Å². The van der Waals surface area contributed by atoms with Crippen molar-refractivity contribution in [1.82, 2.24) is 4.37 Å². The van der Waals surface area contributed by atoms with Crippen LogP contribution >= 0.6 is 23.3 Å². The van der Waals surface area contributed by atoms with Gasteiger partial charge in [0.05, 0.1) is 0 Å². The molecule has 3 nitrogen and oxygen atoms in total. The third-order valence-electron chi connectivity index (χ3n) is 2.64. The van der Waals surface area contributed by atoms with Crippen molar-refractivity contribution < 1.29 is 0 Å². The van der Waals surface area contributed by atoms with Crippen molar-refractivity contribution in [3.63, 3.8) is 0 Å². The molecule has 78 valence electrons. The van der Waals surface area contributed by atoms with Gasteiger partial charge in [-0.25, -0.2) is 0 Å². The molecule has 0 amide bonds. The Morgan fingerprint density at radius 2 is 2.29 bits per heavy atom. The minimum Gasteiger partial charge on any atom is -0.383 e. The Labute approximate surface area is 92.6 Å². The maximum Gasteiger partial charge on any atom is 0.142 e. The fourth-order valence-electron chi connectivity index (χ4n) is 1.50. The molecule has 1 fully saturated rings. The van der Waals surface area contributed by atoms with Gasteiger partial charge in [-0.05, 0) is 30.1 Å². The molecule has 2 heterocycles. The predicted molar refractivity (Wildman–Crippen MR) is 65.2 cm³/mol. The van der Waals surface area contributed by atoms with E-state index in [1.54, 1.807) is 0 Å². The molecule has 1 aromatic heterocycles. The van der Waals surface area contributed by atoms with Gasteiger partial charge in [-0.1, -0.05) is 6.92 Å². The monoisotopic (exact) mass is 229 g/mol. The van der Waals surface area contributed by atoms with E-state index in [0.717, 1.165) is 16.5 Å². The van der Waals surface area contributed by atoms with E-state index in [-0.39, 0.29) is 0 Å². The highest BCUT2D eigenvalue weighted by Gasteiger charge is 2.24. The summed E-state index contributed by atoms with van der Waals surface area (Å²) in [7, 11) is 0. The summed E-state index contributed by atoms with van der Waals surface area (Å²) in [4.78, 5) is 0. The number of nitrogen functional groups attached to an aromatic ring is 1. The van der Waals surface area contributed by atoms with Crippen molar-refractivity contribution in [3.8, 4) is 0 Å². The van der Waals surface area contributed by atoms with Gasteiger partial charge in [0.25, 0.3) is 0 Å². The first-order valence-corrected chi connectivity index (χ1v) is 6.67. The second-order valence-corrected chi connectivity index (χ2v) is 5.64. The highest BCUT2D eigenvalue weighted by Crippen LogP contribution is 2.31. The van der Waals surface area contributed by atoms with Gasteiger partial charge in [-0.15, -0.1) is 0 Å². The number of nitrogens with zero attached hydrogens (tertiary/aromatic N) is 1. The van der Waals surface area contributed by atoms with E-state index >= 15 is 0 Å². The molecule has 1 aliphatic heterocycles. The second-order valence-electron chi connectivity index (χ2n) is 3.79. The summed E-state index contributed by atoms with van der Waals surface area (Å²) in [6.07, 6.45) is 0. The molecule has 0 spiro atoms. The van der Waals surface area contributed by atoms with Crippen LogP contribution in [0.2, 0.25) is 0 Å². The molecule has 0 aromatic carbocycles. The second kappa shape index (κ2) is 3.98. The SMILES string of the molecule is Cc1c(N)nsc1NC1CSCC1C. The molecule has 0 aliphatic carbocycles. The van der Waals surface area contributed by atoms with Gasteiger partial charge in [-0.2, -0.15) is 16.1 Å². The van der Waals surface area contributed by atoms with Crippen molar-refractivity contribution in [3.05, 3.63) is 5.56 Å². The highest BCUT2D eigenvalue weighted by atomic mass is 32.2. The Bertz CT molecular complexity index is 324. The van der Waals surface area contributed by atoms with E-state index in [2.05, 4.69) is 16.6 Å². The van der Waals surface area contributed by atoms with E-state index in [1.165, 1.54) is 23.0 Å². The lowest BCUT2D eigenvalue weighted by Crippen LogP contribution is -2.25. The Morgan fingerprint density at radius 3 is 2.79 bits per heavy atom. The molecular weight excluding hydrogens is 214 g/mol. The molecule has 1 saturated heterocycles. The molecule has 2 unspecified atom stereocenters. The van der Waals surface area contributed by atoms with Crippen LogP contribution < -0.4 is 11.1 Å². The van der Waals surface area contributed by atoms with Gasteiger partial charge in [0.2, 0.25) is 0 Å². The first-order chi connectivity index (χ1) is 6.68. The smallest absolute Gasteiger partial charge is 0.142 e. The quantitative estimate of drug-likeness (QED) is 0.816. The van der Waals surface area contributed by atoms with Gasteiger partial charge >= 0.3 is 0 Å².